The van der Waals surface area contributed by atoms with E-state index in [1.807, 2.05) is 13.8 Å². The van der Waals surface area contributed by atoms with Crippen LogP contribution in [0.4, 0.5) is 0 Å². The smallest absolute Gasteiger partial charge is 0.336 e. The van der Waals surface area contributed by atoms with E-state index in [1.165, 1.54) is 7.11 Å². The maximum absolute atomic E-state index is 12.7. The highest BCUT2D eigenvalue weighted by Crippen LogP contribution is 2.66. The number of Topliss-reactive ketones (excluding diaryl/α,β-unsaturated/α-hetero) is 1. The SMILES string of the molecule is CO[C@H]1C=C(CC[C@@]2(O)[C@H](C)C[C@H]3OC(=O)[C@@]4(C)C(=O)CC[C@@]2(C)[C@@H]34)C(=O)O1. The second-order valence-electron chi connectivity index (χ2n) is 9.23. The zero-order chi connectivity index (χ0) is 20.5. The molecule has 2 aliphatic heterocycles. The van der Waals surface area contributed by atoms with E-state index in [4.69, 9.17) is 14.2 Å². The van der Waals surface area contributed by atoms with Gasteiger partial charge in [-0.1, -0.05) is 13.8 Å². The van der Waals surface area contributed by atoms with Gasteiger partial charge in [-0.05, 0) is 44.6 Å². The lowest BCUT2D eigenvalue weighted by Gasteiger charge is -2.60. The molecular weight excluding hydrogens is 364 g/mol. The summed E-state index contributed by atoms with van der Waals surface area (Å²) in [5, 5.41) is 11.9. The third-order valence-corrected chi connectivity index (χ3v) is 8.03. The molecule has 4 rings (SSSR count). The van der Waals surface area contributed by atoms with Crippen molar-refractivity contribution in [2.75, 3.05) is 7.11 Å². The number of ketones is 1. The summed E-state index contributed by atoms with van der Waals surface area (Å²) in [6, 6.07) is 0. The fraction of sp³-hybridized carbons (Fsp3) is 0.762. The van der Waals surface area contributed by atoms with Gasteiger partial charge in [0.2, 0.25) is 6.29 Å². The Morgan fingerprint density at radius 3 is 2.61 bits per heavy atom. The largest absolute Gasteiger partial charge is 0.461 e. The Kier molecular flexibility index (Phi) is 4.29. The molecule has 0 amide bonds. The van der Waals surface area contributed by atoms with Crippen LogP contribution in [0.2, 0.25) is 0 Å². The Hall–Kier alpha value is -1.73. The highest BCUT2D eigenvalue weighted by Gasteiger charge is 2.73. The van der Waals surface area contributed by atoms with Crippen molar-refractivity contribution in [3.05, 3.63) is 11.6 Å². The van der Waals surface area contributed by atoms with Crippen molar-refractivity contribution in [1.82, 2.24) is 0 Å². The molecule has 2 aliphatic carbocycles. The predicted octanol–water partition coefficient (Wildman–Crippen LogP) is 1.91. The molecule has 1 saturated heterocycles. The standard InChI is InChI=1S/C21H28O7/c1-11-9-13-16-19(2,7-6-14(22)20(16,3)18(24)27-13)21(11,25)8-5-12-10-15(26-4)28-17(12)23/h10-11,13,15-16,25H,5-9H2,1-4H3/t11-,13-,15-,16-,19+,20+,21-/m1/s1. The minimum Gasteiger partial charge on any atom is -0.461 e. The fourth-order valence-electron chi connectivity index (χ4n) is 6.33. The van der Waals surface area contributed by atoms with Crippen LogP contribution < -0.4 is 0 Å². The van der Waals surface area contributed by atoms with Crippen molar-refractivity contribution < 1.29 is 33.7 Å². The molecule has 0 aromatic rings. The number of hydrogen-bond acceptors (Lipinski definition) is 7. The average molecular weight is 392 g/mol. The fourth-order valence-corrected chi connectivity index (χ4v) is 6.33. The lowest BCUT2D eigenvalue weighted by molar-refractivity contribution is -0.215. The van der Waals surface area contributed by atoms with E-state index in [2.05, 4.69) is 0 Å². The number of esters is 2. The topological polar surface area (TPSA) is 99.1 Å². The second-order valence-corrected chi connectivity index (χ2v) is 9.23. The Labute approximate surface area is 164 Å². The van der Waals surface area contributed by atoms with E-state index in [9.17, 15) is 19.5 Å². The lowest BCUT2D eigenvalue weighted by Crippen LogP contribution is -2.66. The van der Waals surface area contributed by atoms with E-state index >= 15 is 0 Å². The van der Waals surface area contributed by atoms with Crippen molar-refractivity contribution in [3.8, 4) is 0 Å². The van der Waals surface area contributed by atoms with Crippen molar-refractivity contribution in [3.63, 3.8) is 0 Å². The molecule has 7 nitrogen and oxygen atoms in total. The van der Waals surface area contributed by atoms with Gasteiger partial charge in [0.25, 0.3) is 0 Å². The van der Waals surface area contributed by atoms with Crippen LogP contribution >= 0.6 is 0 Å². The average Bonchev–Trinajstić information content (AvgIpc) is 3.13. The Bertz CT molecular complexity index is 773. The number of aliphatic hydroxyl groups is 1. The number of ether oxygens (including phenoxy) is 3. The van der Waals surface area contributed by atoms with E-state index in [1.54, 1.807) is 13.0 Å². The lowest BCUT2D eigenvalue weighted by atomic mass is 9.43. The molecular formula is C21H28O7. The monoisotopic (exact) mass is 392 g/mol. The molecule has 2 heterocycles. The van der Waals surface area contributed by atoms with Crippen LogP contribution in [-0.2, 0) is 28.6 Å². The van der Waals surface area contributed by atoms with Crippen LogP contribution in [0.3, 0.4) is 0 Å². The van der Waals surface area contributed by atoms with Gasteiger partial charge in [-0.3, -0.25) is 9.59 Å². The number of carbonyl (C=O) groups excluding carboxylic acids is 3. The minimum atomic E-state index is -1.20. The summed E-state index contributed by atoms with van der Waals surface area (Å²) in [5.41, 5.74) is -2.49. The van der Waals surface area contributed by atoms with Gasteiger partial charge in [-0.25, -0.2) is 4.79 Å². The number of hydrogen-bond donors (Lipinski definition) is 1. The van der Waals surface area contributed by atoms with E-state index in [0.29, 0.717) is 31.3 Å². The third-order valence-electron chi connectivity index (χ3n) is 8.03. The highest BCUT2D eigenvalue weighted by atomic mass is 16.7. The molecule has 7 heteroatoms. The Morgan fingerprint density at radius 1 is 1.25 bits per heavy atom. The zero-order valence-corrected chi connectivity index (χ0v) is 16.8. The van der Waals surface area contributed by atoms with Crippen LogP contribution in [0.5, 0.6) is 0 Å². The second kappa shape index (κ2) is 6.13. The Balaban J connectivity index is 1.66. The normalized spacial score (nSPS) is 47.5. The quantitative estimate of drug-likeness (QED) is 0.576. The highest BCUT2D eigenvalue weighted by molar-refractivity contribution is 6.06. The van der Waals surface area contributed by atoms with Gasteiger partial charge >= 0.3 is 11.9 Å². The van der Waals surface area contributed by atoms with Gasteiger partial charge in [0, 0.05) is 30.4 Å². The van der Waals surface area contributed by atoms with E-state index in [0.717, 1.165) is 0 Å². The van der Waals surface area contributed by atoms with Crippen LogP contribution in [0.1, 0.15) is 52.9 Å². The van der Waals surface area contributed by atoms with Crippen LogP contribution in [0, 0.1) is 22.7 Å². The van der Waals surface area contributed by atoms with E-state index < -0.39 is 34.7 Å². The molecule has 0 spiro atoms. The van der Waals surface area contributed by atoms with Gasteiger partial charge in [0.05, 0.1) is 5.60 Å². The molecule has 0 unspecified atom stereocenters. The summed E-state index contributed by atoms with van der Waals surface area (Å²) in [6.45, 7) is 5.61. The number of methoxy groups -OCH3 is 1. The van der Waals surface area contributed by atoms with Crippen molar-refractivity contribution in [1.29, 1.82) is 0 Å². The summed E-state index contributed by atoms with van der Waals surface area (Å²) in [5.74, 6) is -1.47. The van der Waals surface area contributed by atoms with Crippen LogP contribution in [0.15, 0.2) is 11.6 Å². The molecule has 0 aromatic carbocycles. The molecule has 0 bridgehead atoms. The minimum absolute atomic E-state index is 0.0932. The first-order chi connectivity index (χ1) is 13.1. The molecule has 28 heavy (non-hydrogen) atoms. The maximum Gasteiger partial charge on any atom is 0.336 e. The van der Waals surface area contributed by atoms with Crippen molar-refractivity contribution >= 4 is 17.7 Å². The summed E-state index contributed by atoms with van der Waals surface area (Å²) >= 11 is 0. The van der Waals surface area contributed by atoms with Gasteiger partial charge in [-0.2, -0.15) is 0 Å². The number of rotatable bonds is 4. The first-order valence-corrected chi connectivity index (χ1v) is 9.99. The van der Waals surface area contributed by atoms with Gasteiger partial charge < -0.3 is 19.3 Å². The first kappa shape index (κ1) is 19.6. The number of cyclic esters (lactones) is 1. The van der Waals surface area contributed by atoms with E-state index in [-0.39, 0.29) is 30.1 Å². The molecule has 4 aliphatic rings. The van der Waals surface area contributed by atoms with Crippen molar-refractivity contribution in [2.45, 2.75) is 70.9 Å². The predicted molar refractivity (Wildman–Crippen MR) is 96.8 cm³/mol. The molecule has 2 saturated carbocycles. The molecule has 3 fully saturated rings. The van der Waals surface area contributed by atoms with Gasteiger partial charge in [-0.15, -0.1) is 0 Å². The zero-order valence-electron chi connectivity index (χ0n) is 16.8. The molecule has 154 valence electrons. The summed E-state index contributed by atoms with van der Waals surface area (Å²) in [6.07, 6.45) is 2.57. The van der Waals surface area contributed by atoms with Crippen LogP contribution in [0.25, 0.3) is 0 Å². The summed E-state index contributed by atoms with van der Waals surface area (Å²) < 4.78 is 15.8. The Morgan fingerprint density at radius 2 is 1.96 bits per heavy atom. The molecule has 7 atom stereocenters. The van der Waals surface area contributed by atoms with Gasteiger partial charge in [0.15, 0.2) is 0 Å². The molecule has 1 N–H and O–H groups in total. The third kappa shape index (κ3) is 2.32. The number of carbonyl (C=O) groups is 3. The molecule has 0 aromatic heterocycles. The first-order valence-electron chi connectivity index (χ1n) is 9.99. The summed E-state index contributed by atoms with van der Waals surface area (Å²) in [7, 11) is 1.46. The van der Waals surface area contributed by atoms with Crippen molar-refractivity contribution in [2.24, 2.45) is 22.7 Å². The maximum atomic E-state index is 12.7. The summed E-state index contributed by atoms with van der Waals surface area (Å²) in [4.78, 5) is 37.4. The van der Waals surface area contributed by atoms with Crippen LogP contribution in [-0.4, -0.2) is 47.9 Å². The van der Waals surface area contributed by atoms with Gasteiger partial charge in [0.1, 0.15) is 17.3 Å². The molecule has 0 radical (unpaired) electrons.